The third-order valence-electron chi connectivity index (χ3n) is 2.08. The van der Waals surface area contributed by atoms with Gasteiger partial charge in [0.05, 0.1) is 6.04 Å². The van der Waals surface area contributed by atoms with Crippen LogP contribution in [0.2, 0.25) is 0 Å². The molecule has 0 radical (unpaired) electrons. The molecule has 1 N–H and O–H groups in total. The fourth-order valence-corrected chi connectivity index (χ4v) is 1.91. The fourth-order valence-electron chi connectivity index (χ4n) is 1.50. The molecule has 0 saturated carbocycles. The summed E-state index contributed by atoms with van der Waals surface area (Å²) in [4.78, 5) is 0. The van der Waals surface area contributed by atoms with Crippen molar-refractivity contribution >= 4 is 21.6 Å². The van der Waals surface area contributed by atoms with Crippen LogP contribution in [-0.4, -0.2) is 12.7 Å². The Labute approximate surface area is 79.1 Å². The van der Waals surface area contributed by atoms with Gasteiger partial charge in [-0.15, -0.1) is 0 Å². The molecule has 64 valence electrons. The SMILES string of the molecule is FCC1Cc2cc(Br)ccc2N1. The number of fused-ring (bicyclic) bond motifs is 1. The molecule has 0 spiro atoms. The van der Waals surface area contributed by atoms with E-state index < -0.39 is 0 Å². The summed E-state index contributed by atoms with van der Waals surface area (Å²) in [7, 11) is 0. The number of benzene rings is 1. The molecule has 2 rings (SSSR count). The molecule has 0 saturated heterocycles. The van der Waals surface area contributed by atoms with Gasteiger partial charge in [-0.3, -0.25) is 0 Å². The highest BCUT2D eigenvalue weighted by Gasteiger charge is 2.19. The molecular formula is C9H9BrFN. The van der Waals surface area contributed by atoms with E-state index in [1.807, 2.05) is 18.2 Å². The Morgan fingerprint density at radius 2 is 2.42 bits per heavy atom. The molecule has 0 aromatic heterocycles. The van der Waals surface area contributed by atoms with E-state index in [1.54, 1.807) is 0 Å². The molecule has 1 aromatic rings. The summed E-state index contributed by atoms with van der Waals surface area (Å²) in [6.45, 7) is -0.299. The fraction of sp³-hybridized carbons (Fsp3) is 0.333. The molecule has 0 fully saturated rings. The Bertz CT molecular complexity index is 301. The maximum absolute atomic E-state index is 12.3. The molecule has 1 atom stereocenters. The minimum atomic E-state index is -0.299. The third kappa shape index (κ3) is 1.33. The van der Waals surface area contributed by atoms with E-state index in [-0.39, 0.29) is 12.7 Å². The molecule has 1 heterocycles. The van der Waals surface area contributed by atoms with E-state index in [9.17, 15) is 4.39 Å². The van der Waals surface area contributed by atoms with Gasteiger partial charge in [0, 0.05) is 10.2 Å². The zero-order chi connectivity index (χ0) is 8.55. The summed E-state index contributed by atoms with van der Waals surface area (Å²) in [6, 6.07) is 5.97. The summed E-state index contributed by atoms with van der Waals surface area (Å²) >= 11 is 3.39. The zero-order valence-corrected chi connectivity index (χ0v) is 8.07. The van der Waals surface area contributed by atoms with Gasteiger partial charge >= 0.3 is 0 Å². The van der Waals surface area contributed by atoms with Crippen molar-refractivity contribution in [3.63, 3.8) is 0 Å². The minimum absolute atomic E-state index is 0.0192. The van der Waals surface area contributed by atoms with Crippen LogP contribution in [0.4, 0.5) is 10.1 Å². The van der Waals surface area contributed by atoms with Crippen molar-refractivity contribution in [3.8, 4) is 0 Å². The lowest BCUT2D eigenvalue weighted by molar-refractivity contribution is 0.450. The molecular weight excluding hydrogens is 221 g/mol. The number of rotatable bonds is 1. The number of nitrogens with one attached hydrogen (secondary N) is 1. The van der Waals surface area contributed by atoms with E-state index in [0.29, 0.717) is 0 Å². The van der Waals surface area contributed by atoms with Crippen molar-refractivity contribution in [2.45, 2.75) is 12.5 Å². The molecule has 1 unspecified atom stereocenters. The van der Waals surface area contributed by atoms with Crippen molar-refractivity contribution in [2.75, 3.05) is 12.0 Å². The van der Waals surface area contributed by atoms with Gasteiger partial charge in [-0.1, -0.05) is 15.9 Å². The molecule has 1 aromatic carbocycles. The van der Waals surface area contributed by atoms with Gasteiger partial charge in [-0.25, -0.2) is 4.39 Å². The van der Waals surface area contributed by atoms with Crippen molar-refractivity contribution in [1.29, 1.82) is 0 Å². The average molecular weight is 230 g/mol. The smallest absolute Gasteiger partial charge is 0.110 e. The lowest BCUT2D eigenvalue weighted by Gasteiger charge is -2.03. The lowest BCUT2D eigenvalue weighted by atomic mass is 10.1. The second-order valence-corrected chi connectivity index (χ2v) is 3.92. The standard InChI is InChI=1S/C9H9BrFN/c10-7-1-2-9-6(3-7)4-8(5-11)12-9/h1-3,8,12H,4-5H2. The average Bonchev–Trinajstić information content (AvgIpc) is 2.46. The highest BCUT2D eigenvalue weighted by atomic mass is 79.9. The third-order valence-corrected chi connectivity index (χ3v) is 2.57. The Kier molecular flexibility index (Phi) is 2.05. The number of halogens is 2. The maximum Gasteiger partial charge on any atom is 0.110 e. The van der Waals surface area contributed by atoms with Gasteiger partial charge in [-0.05, 0) is 30.2 Å². The quantitative estimate of drug-likeness (QED) is 0.782. The highest BCUT2D eigenvalue weighted by molar-refractivity contribution is 9.10. The van der Waals surface area contributed by atoms with Crippen LogP contribution >= 0.6 is 15.9 Å². The zero-order valence-electron chi connectivity index (χ0n) is 6.48. The van der Waals surface area contributed by atoms with Crippen molar-refractivity contribution < 1.29 is 4.39 Å². The van der Waals surface area contributed by atoms with Crippen molar-refractivity contribution in [3.05, 3.63) is 28.2 Å². The van der Waals surface area contributed by atoms with E-state index in [1.165, 1.54) is 5.56 Å². The molecule has 0 aliphatic carbocycles. The van der Waals surface area contributed by atoms with E-state index >= 15 is 0 Å². The van der Waals surface area contributed by atoms with Crippen LogP contribution < -0.4 is 5.32 Å². The number of alkyl halides is 1. The topological polar surface area (TPSA) is 12.0 Å². The first-order chi connectivity index (χ1) is 5.79. The number of hydrogen-bond acceptors (Lipinski definition) is 1. The first-order valence-corrected chi connectivity index (χ1v) is 4.70. The van der Waals surface area contributed by atoms with Crippen LogP contribution in [0.25, 0.3) is 0 Å². The Morgan fingerprint density at radius 1 is 1.58 bits per heavy atom. The number of hydrogen-bond donors (Lipinski definition) is 1. The molecule has 0 amide bonds. The van der Waals surface area contributed by atoms with Gasteiger partial charge in [-0.2, -0.15) is 0 Å². The van der Waals surface area contributed by atoms with Gasteiger partial charge in [0.1, 0.15) is 6.67 Å². The molecule has 1 aliphatic rings. The van der Waals surface area contributed by atoms with Gasteiger partial charge < -0.3 is 5.32 Å². The molecule has 1 aliphatic heterocycles. The summed E-state index contributed by atoms with van der Waals surface area (Å²) in [5, 5.41) is 3.12. The normalized spacial score (nSPS) is 20.3. The summed E-state index contributed by atoms with van der Waals surface area (Å²) in [6.07, 6.45) is 0.797. The van der Waals surface area contributed by atoms with Crippen LogP contribution in [0.1, 0.15) is 5.56 Å². The second kappa shape index (κ2) is 3.05. The summed E-state index contributed by atoms with van der Waals surface area (Å²) in [5.74, 6) is 0. The van der Waals surface area contributed by atoms with Crippen LogP contribution in [0.15, 0.2) is 22.7 Å². The van der Waals surface area contributed by atoms with E-state index in [4.69, 9.17) is 0 Å². The Hall–Kier alpha value is -0.570. The van der Waals surface area contributed by atoms with Crippen LogP contribution in [0.5, 0.6) is 0 Å². The van der Waals surface area contributed by atoms with Gasteiger partial charge in [0.2, 0.25) is 0 Å². The first-order valence-electron chi connectivity index (χ1n) is 3.90. The van der Waals surface area contributed by atoms with E-state index in [0.717, 1.165) is 16.6 Å². The monoisotopic (exact) mass is 229 g/mol. The summed E-state index contributed by atoms with van der Waals surface area (Å²) in [5.41, 5.74) is 2.27. The summed E-state index contributed by atoms with van der Waals surface area (Å²) < 4.78 is 13.3. The van der Waals surface area contributed by atoms with Gasteiger partial charge in [0.25, 0.3) is 0 Å². The van der Waals surface area contributed by atoms with Crippen LogP contribution in [0.3, 0.4) is 0 Å². The Balaban J connectivity index is 2.30. The predicted octanol–water partition coefficient (Wildman–Crippen LogP) is 2.76. The molecule has 3 heteroatoms. The number of anilines is 1. The maximum atomic E-state index is 12.3. The first kappa shape index (κ1) is 8.05. The predicted molar refractivity (Wildman–Crippen MR) is 51.2 cm³/mol. The minimum Gasteiger partial charge on any atom is -0.379 e. The largest absolute Gasteiger partial charge is 0.379 e. The van der Waals surface area contributed by atoms with Crippen molar-refractivity contribution in [1.82, 2.24) is 0 Å². The van der Waals surface area contributed by atoms with Crippen molar-refractivity contribution in [2.24, 2.45) is 0 Å². The molecule has 1 nitrogen and oxygen atoms in total. The highest BCUT2D eigenvalue weighted by Crippen LogP contribution is 2.28. The van der Waals surface area contributed by atoms with Crippen LogP contribution in [0, 0.1) is 0 Å². The van der Waals surface area contributed by atoms with Gasteiger partial charge in [0.15, 0.2) is 0 Å². The Morgan fingerprint density at radius 3 is 3.17 bits per heavy atom. The van der Waals surface area contributed by atoms with Crippen LogP contribution in [-0.2, 0) is 6.42 Å². The second-order valence-electron chi connectivity index (χ2n) is 3.00. The lowest BCUT2D eigenvalue weighted by Crippen LogP contribution is -2.16. The van der Waals surface area contributed by atoms with E-state index in [2.05, 4.69) is 21.2 Å². The molecule has 12 heavy (non-hydrogen) atoms. The molecule has 0 bridgehead atoms.